The van der Waals surface area contributed by atoms with Crippen molar-refractivity contribution in [3.05, 3.63) is 0 Å². The molecule has 0 radical (unpaired) electrons. The minimum absolute atomic E-state index is 0.215. The zero-order chi connectivity index (χ0) is 19.8. The van der Waals surface area contributed by atoms with Gasteiger partial charge in [-0.3, -0.25) is 0 Å². The maximum absolute atomic E-state index is 2.73. The molecule has 6 atom stereocenters. The van der Waals surface area contributed by atoms with Crippen molar-refractivity contribution in [2.45, 2.75) is 114 Å². The predicted molar refractivity (Wildman–Crippen MR) is 131 cm³/mol. The Bertz CT molecular complexity index is 445. The standard InChI is InChI=1S/C26H48P2/c1-5-25(17-21-9-7-10-22(15-21)18-25)27(3)13-14-28(4)26(6-2)19-23-11-8-12-24(16-23)20-26/h21-24H,5-20H2,1-4H3/t21?,22?,23?,24?,25?,26?,27-,28-/m0/s1. The van der Waals surface area contributed by atoms with Gasteiger partial charge in [0, 0.05) is 0 Å². The summed E-state index contributed by atoms with van der Waals surface area (Å²) in [5.41, 5.74) is 0. The first-order valence-corrected chi connectivity index (χ1v) is 16.9. The van der Waals surface area contributed by atoms with Gasteiger partial charge in [-0.2, -0.15) is 0 Å². The second-order valence-electron chi connectivity index (χ2n) is 11.6. The maximum atomic E-state index is 2.73. The summed E-state index contributed by atoms with van der Waals surface area (Å²) in [5, 5.41) is 1.53. The highest BCUT2D eigenvalue weighted by molar-refractivity contribution is 7.62. The molecule has 2 heteroatoms. The average Bonchev–Trinajstić information content (AvgIpc) is 2.70. The van der Waals surface area contributed by atoms with Gasteiger partial charge in [0.2, 0.25) is 0 Å². The third-order valence-electron chi connectivity index (χ3n) is 10.2. The molecule has 0 nitrogen and oxygen atoms in total. The van der Waals surface area contributed by atoms with E-state index in [9.17, 15) is 0 Å². The van der Waals surface area contributed by atoms with Gasteiger partial charge in [-0.1, -0.05) is 52.4 Å². The summed E-state index contributed by atoms with van der Waals surface area (Å²) in [6, 6.07) is 0. The SMILES string of the molecule is CCC1([P@@](C)CC[P@](C)C2(CC)CC3CCCC(C3)C2)CC2CCCC(C2)C1. The van der Waals surface area contributed by atoms with Gasteiger partial charge in [0.1, 0.15) is 0 Å². The summed E-state index contributed by atoms with van der Waals surface area (Å²) in [7, 11) is 0.431. The van der Waals surface area contributed by atoms with E-state index in [1.54, 1.807) is 89.4 Å². The van der Waals surface area contributed by atoms with Crippen LogP contribution in [-0.4, -0.2) is 36.0 Å². The molecule has 4 bridgehead atoms. The van der Waals surface area contributed by atoms with Crippen LogP contribution in [-0.2, 0) is 0 Å². The van der Waals surface area contributed by atoms with Crippen molar-refractivity contribution in [3.63, 3.8) is 0 Å². The van der Waals surface area contributed by atoms with E-state index < -0.39 is 0 Å². The molecule has 0 aromatic carbocycles. The molecule has 0 aromatic heterocycles. The highest BCUT2D eigenvalue weighted by atomic mass is 31.1. The van der Waals surface area contributed by atoms with Gasteiger partial charge >= 0.3 is 0 Å². The Morgan fingerprint density at radius 1 is 0.607 bits per heavy atom. The highest BCUT2D eigenvalue weighted by Crippen LogP contribution is 2.65. The monoisotopic (exact) mass is 422 g/mol. The lowest BCUT2D eigenvalue weighted by Crippen LogP contribution is -2.41. The van der Waals surface area contributed by atoms with Crippen LogP contribution >= 0.6 is 15.8 Å². The zero-order valence-electron chi connectivity index (χ0n) is 19.5. The Kier molecular flexibility index (Phi) is 7.21. The normalized spacial score (nSPS) is 45.4. The molecular weight excluding hydrogens is 374 g/mol. The first-order chi connectivity index (χ1) is 13.5. The summed E-state index contributed by atoms with van der Waals surface area (Å²) in [6.07, 6.45) is 25.1. The van der Waals surface area contributed by atoms with Gasteiger partial charge < -0.3 is 0 Å². The van der Waals surface area contributed by atoms with E-state index >= 15 is 0 Å². The second kappa shape index (κ2) is 9.15. The maximum Gasteiger partial charge on any atom is -0.00941 e. The minimum atomic E-state index is 0.215. The minimum Gasteiger partial charge on any atom is -0.103 e. The van der Waals surface area contributed by atoms with E-state index in [1.807, 2.05) is 0 Å². The summed E-state index contributed by atoms with van der Waals surface area (Å²) >= 11 is 0. The molecule has 28 heavy (non-hydrogen) atoms. The molecule has 0 heterocycles. The fraction of sp³-hybridized carbons (Fsp3) is 1.00. The van der Waals surface area contributed by atoms with Crippen molar-refractivity contribution < 1.29 is 0 Å². The quantitative estimate of drug-likeness (QED) is 0.360. The fourth-order valence-corrected chi connectivity index (χ4v) is 15.1. The average molecular weight is 423 g/mol. The molecule has 4 fully saturated rings. The summed E-state index contributed by atoms with van der Waals surface area (Å²) < 4.78 is 0. The van der Waals surface area contributed by atoms with E-state index in [0.717, 1.165) is 34.0 Å². The second-order valence-corrected chi connectivity index (χ2v) is 17.2. The molecule has 0 N–H and O–H groups in total. The van der Waals surface area contributed by atoms with Gasteiger partial charge in [0.25, 0.3) is 0 Å². The Hall–Kier alpha value is 0.860. The Labute approximate surface area is 179 Å². The first-order valence-electron chi connectivity index (χ1n) is 12.9. The van der Waals surface area contributed by atoms with Crippen molar-refractivity contribution >= 4 is 15.8 Å². The van der Waals surface area contributed by atoms with E-state index in [-0.39, 0.29) is 15.8 Å². The van der Waals surface area contributed by atoms with Crippen LogP contribution in [0.15, 0.2) is 0 Å². The molecule has 0 spiro atoms. The number of hydrogen-bond acceptors (Lipinski definition) is 0. The van der Waals surface area contributed by atoms with E-state index in [0.29, 0.717) is 0 Å². The molecule has 4 aliphatic carbocycles. The van der Waals surface area contributed by atoms with E-state index in [1.165, 1.54) is 12.8 Å². The van der Waals surface area contributed by atoms with E-state index in [2.05, 4.69) is 27.2 Å². The van der Waals surface area contributed by atoms with Crippen LogP contribution in [0.4, 0.5) is 0 Å². The van der Waals surface area contributed by atoms with Crippen molar-refractivity contribution in [2.24, 2.45) is 23.7 Å². The van der Waals surface area contributed by atoms with Gasteiger partial charge in [-0.15, -0.1) is 15.8 Å². The van der Waals surface area contributed by atoms with Crippen LogP contribution < -0.4 is 0 Å². The first kappa shape index (κ1) is 22.1. The Morgan fingerprint density at radius 3 is 1.21 bits per heavy atom. The van der Waals surface area contributed by atoms with Crippen LogP contribution in [0.25, 0.3) is 0 Å². The van der Waals surface area contributed by atoms with Gasteiger partial charge in [-0.25, -0.2) is 0 Å². The van der Waals surface area contributed by atoms with Crippen LogP contribution in [0, 0.1) is 23.7 Å². The molecular formula is C26H48P2. The zero-order valence-corrected chi connectivity index (χ0v) is 21.3. The lowest BCUT2D eigenvalue weighted by Gasteiger charge is -2.52. The molecule has 4 saturated carbocycles. The van der Waals surface area contributed by atoms with Crippen molar-refractivity contribution in [1.29, 1.82) is 0 Å². The molecule has 4 rings (SSSR count). The topological polar surface area (TPSA) is 0 Å². The summed E-state index contributed by atoms with van der Waals surface area (Å²) in [4.78, 5) is 0. The number of fused-ring (bicyclic) bond motifs is 4. The van der Waals surface area contributed by atoms with E-state index in [4.69, 9.17) is 0 Å². The fourth-order valence-electron chi connectivity index (χ4n) is 8.38. The van der Waals surface area contributed by atoms with Crippen molar-refractivity contribution in [2.75, 3.05) is 25.7 Å². The molecule has 0 saturated heterocycles. The van der Waals surface area contributed by atoms with Crippen molar-refractivity contribution in [3.8, 4) is 0 Å². The van der Waals surface area contributed by atoms with Crippen LogP contribution in [0.5, 0.6) is 0 Å². The van der Waals surface area contributed by atoms with Gasteiger partial charge in [0.15, 0.2) is 0 Å². The molecule has 0 amide bonds. The van der Waals surface area contributed by atoms with Crippen LogP contribution in [0.3, 0.4) is 0 Å². The lowest BCUT2D eigenvalue weighted by atomic mass is 9.67. The molecule has 4 aliphatic rings. The number of rotatable bonds is 7. The van der Waals surface area contributed by atoms with Gasteiger partial charge in [-0.05, 0) is 111 Å². The summed E-state index contributed by atoms with van der Waals surface area (Å²) in [5.74, 6) is 4.39. The van der Waals surface area contributed by atoms with Crippen molar-refractivity contribution in [1.82, 2.24) is 0 Å². The van der Waals surface area contributed by atoms with Gasteiger partial charge in [0.05, 0.1) is 0 Å². The molecule has 0 aliphatic heterocycles. The lowest BCUT2D eigenvalue weighted by molar-refractivity contribution is 0.150. The number of hydrogen-bond donors (Lipinski definition) is 0. The third kappa shape index (κ3) is 4.40. The Morgan fingerprint density at radius 2 is 0.929 bits per heavy atom. The largest absolute Gasteiger partial charge is 0.103 e. The smallest absolute Gasteiger partial charge is 0.00941 e. The predicted octanol–water partition coefficient (Wildman–Crippen LogP) is 8.71. The van der Waals surface area contributed by atoms with Crippen LogP contribution in [0.2, 0.25) is 0 Å². The highest BCUT2D eigenvalue weighted by Gasteiger charge is 2.46. The third-order valence-corrected chi connectivity index (χ3v) is 16.9. The van der Waals surface area contributed by atoms with Crippen LogP contribution in [0.1, 0.15) is 104 Å². The molecule has 4 unspecified atom stereocenters. The molecule has 0 aromatic rings. The summed E-state index contributed by atoms with van der Waals surface area (Å²) in [6.45, 7) is 10.6. The molecule has 162 valence electrons. The Balaban J connectivity index is 1.38.